The van der Waals surface area contributed by atoms with Gasteiger partial charge >= 0.3 is 0 Å². The number of rotatable bonds is 6. The van der Waals surface area contributed by atoms with Gasteiger partial charge in [0.2, 0.25) is 0 Å². The summed E-state index contributed by atoms with van der Waals surface area (Å²) in [7, 11) is 6.52. The maximum atomic E-state index is 4.97. The second-order valence-corrected chi connectivity index (χ2v) is 6.83. The lowest BCUT2D eigenvalue weighted by molar-refractivity contribution is 0.418. The van der Waals surface area contributed by atoms with E-state index in [9.17, 15) is 0 Å². The van der Waals surface area contributed by atoms with Crippen molar-refractivity contribution in [1.29, 1.82) is 0 Å². The Hall–Kier alpha value is -1.71. The first kappa shape index (κ1) is 17.6. The standard InChI is InChI=1S/C20H30N3/c1-7-23(5,6)19-14-18(12-13-21-4)22-20(16(19)3)17-10-8-15(2)9-11-17/h8-11,14,21H,7,12-13H2,1-6H3/q+1. The van der Waals surface area contributed by atoms with Crippen LogP contribution in [0, 0.1) is 13.8 Å². The fourth-order valence-corrected chi connectivity index (χ4v) is 2.82. The van der Waals surface area contributed by atoms with E-state index in [1.807, 2.05) is 7.05 Å². The molecule has 0 radical (unpaired) electrons. The van der Waals surface area contributed by atoms with Gasteiger partial charge in [0.25, 0.3) is 0 Å². The molecule has 0 aliphatic heterocycles. The van der Waals surface area contributed by atoms with Gasteiger partial charge in [-0.1, -0.05) is 29.8 Å². The van der Waals surface area contributed by atoms with Crippen molar-refractivity contribution in [1.82, 2.24) is 14.8 Å². The molecule has 1 aromatic heterocycles. The highest BCUT2D eigenvalue weighted by molar-refractivity contribution is 5.70. The number of quaternary nitrogens is 1. The van der Waals surface area contributed by atoms with E-state index in [-0.39, 0.29) is 0 Å². The maximum absolute atomic E-state index is 4.97. The molecule has 0 fully saturated rings. The summed E-state index contributed by atoms with van der Waals surface area (Å²) in [6.45, 7) is 8.57. The summed E-state index contributed by atoms with van der Waals surface area (Å²) >= 11 is 0. The highest BCUT2D eigenvalue weighted by atomic mass is 15.3. The number of pyridine rings is 1. The van der Waals surface area contributed by atoms with E-state index in [4.69, 9.17) is 4.98 Å². The quantitative estimate of drug-likeness (QED) is 0.823. The SMILES string of the molecule is CC[N+](C)(C)c1cc(CCNC)nc(-c2ccc(C)cc2)c1C. The van der Waals surface area contributed by atoms with Gasteiger partial charge in [0.05, 0.1) is 26.3 Å². The van der Waals surface area contributed by atoms with Crippen LogP contribution in [0.15, 0.2) is 30.3 Å². The topological polar surface area (TPSA) is 24.9 Å². The number of likely N-dealkylation sites (N-methyl/N-ethyl adjacent to an activating group) is 1. The Labute approximate surface area is 141 Å². The fourth-order valence-electron chi connectivity index (χ4n) is 2.82. The molecule has 2 aromatic rings. The molecule has 2 rings (SSSR count). The number of nitrogens with zero attached hydrogens (tertiary/aromatic N) is 2. The van der Waals surface area contributed by atoms with E-state index in [2.05, 4.69) is 70.5 Å². The summed E-state index contributed by atoms with van der Waals surface area (Å²) in [6.07, 6.45) is 0.951. The van der Waals surface area contributed by atoms with Crippen LogP contribution in [-0.2, 0) is 6.42 Å². The third-order valence-corrected chi connectivity index (χ3v) is 4.70. The lowest BCUT2D eigenvalue weighted by Crippen LogP contribution is -2.40. The molecule has 0 unspecified atom stereocenters. The van der Waals surface area contributed by atoms with Crippen molar-refractivity contribution >= 4 is 5.69 Å². The summed E-state index contributed by atoms with van der Waals surface area (Å²) in [4.78, 5) is 4.97. The number of nitrogens with one attached hydrogen (secondary N) is 1. The first-order valence-corrected chi connectivity index (χ1v) is 8.44. The molecule has 0 saturated heterocycles. The van der Waals surface area contributed by atoms with Gasteiger partial charge in [-0.05, 0) is 27.8 Å². The van der Waals surface area contributed by atoms with E-state index in [0.717, 1.165) is 35.4 Å². The number of hydrogen-bond donors (Lipinski definition) is 1. The van der Waals surface area contributed by atoms with Crippen molar-refractivity contribution in [3.05, 3.63) is 47.2 Å². The lowest BCUT2D eigenvalue weighted by Gasteiger charge is -2.30. The Kier molecular flexibility index (Phi) is 5.55. The summed E-state index contributed by atoms with van der Waals surface area (Å²) in [6, 6.07) is 11.0. The Morgan fingerprint density at radius 2 is 1.74 bits per heavy atom. The maximum Gasteiger partial charge on any atom is 0.139 e. The van der Waals surface area contributed by atoms with E-state index < -0.39 is 0 Å². The average molecular weight is 312 g/mol. The Bertz CT molecular complexity index is 657. The van der Waals surface area contributed by atoms with Gasteiger partial charge in [0, 0.05) is 35.9 Å². The number of benzene rings is 1. The molecule has 0 saturated carbocycles. The highest BCUT2D eigenvalue weighted by Crippen LogP contribution is 2.32. The van der Waals surface area contributed by atoms with Crippen LogP contribution >= 0.6 is 0 Å². The minimum Gasteiger partial charge on any atom is -0.319 e. The lowest BCUT2D eigenvalue weighted by atomic mass is 10.0. The molecule has 0 aliphatic rings. The van der Waals surface area contributed by atoms with Gasteiger partial charge in [-0.2, -0.15) is 0 Å². The van der Waals surface area contributed by atoms with Crippen molar-refractivity contribution < 1.29 is 0 Å². The van der Waals surface area contributed by atoms with Crippen molar-refractivity contribution in [2.24, 2.45) is 0 Å². The van der Waals surface area contributed by atoms with Crippen molar-refractivity contribution in [2.45, 2.75) is 27.2 Å². The molecule has 0 amide bonds. The largest absolute Gasteiger partial charge is 0.319 e. The molecular formula is C20H30N3+. The first-order valence-electron chi connectivity index (χ1n) is 8.44. The monoisotopic (exact) mass is 312 g/mol. The summed E-state index contributed by atoms with van der Waals surface area (Å²) in [5, 5.41) is 3.22. The zero-order valence-corrected chi connectivity index (χ0v) is 15.4. The van der Waals surface area contributed by atoms with Crippen LogP contribution < -0.4 is 9.80 Å². The van der Waals surface area contributed by atoms with Crippen molar-refractivity contribution in [3.8, 4) is 11.3 Å². The predicted molar refractivity (Wildman–Crippen MR) is 101 cm³/mol. The van der Waals surface area contributed by atoms with Crippen molar-refractivity contribution in [3.63, 3.8) is 0 Å². The van der Waals surface area contributed by atoms with Crippen LogP contribution in [0.3, 0.4) is 0 Å². The van der Waals surface area contributed by atoms with E-state index >= 15 is 0 Å². The van der Waals surface area contributed by atoms with Crippen LogP contribution in [0.25, 0.3) is 11.3 Å². The smallest absolute Gasteiger partial charge is 0.139 e. The van der Waals surface area contributed by atoms with Crippen LogP contribution in [0.4, 0.5) is 5.69 Å². The zero-order chi connectivity index (χ0) is 17.0. The molecular weight excluding hydrogens is 282 g/mol. The summed E-state index contributed by atoms with van der Waals surface area (Å²) in [5.74, 6) is 0. The highest BCUT2D eigenvalue weighted by Gasteiger charge is 2.23. The number of hydrogen-bond acceptors (Lipinski definition) is 2. The molecule has 0 aliphatic carbocycles. The normalized spacial score (nSPS) is 11.7. The number of aryl methyl sites for hydroxylation is 1. The van der Waals surface area contributed by atoms with E-state index in [1.165, 1.54) is 22.4 Å². The second-order valence-electron chi connectivity index (χ2n) is 6.83. The van der Waals surface area contributed by atoms with E-state index in [1.54, 1.807) is 0 Å². The summed E-state index contributed by atoms with van der Waals surface area (Å²) < 4.78 is 0.875. The third kappa shape index (κ3) is 3.98. The minimum atomic E-state index is 0.875. The molecule has 23 heavy (non-hydrogen) atoms. The van der Waals surface area contributed by atoms with Crippen molar-refractivity contribution in [2.75, 3.05) is 34.2 Å². The molecule has 1 aromatic carbocycles. The van der Waals surface area contributed by atoms with Gasteiger partial charge in [-0.3, -0.25) is 9.47 Å². The first-order chi connectivity index (χ1) is 10.9. The average Bonchev–Trinajstić information content (AvgIpc) is 2.54. The molecule has 0 spiro atoms. The molecule has 1 heterocycles. The van der Waals surface area contributed by atoms with Crippen LogP contribution in [0.1, 0.15) is 23.7 Å². The van der Waals surface area contributed by atoms with Gasteiger partial charge < -0.3 is 5.32 Å². The van der Waals surface area contributed by atoms with Crippen LogP contribution in [0.2, 0.25) is 0 Å². The Morgan fingerprint density at radius 3 is 2.30 bits per heavy atom. The van der Waals surface area contributed by atoms with Gasteiger partial charge in [0.1, 0.15) is 5.69 Å². The molecule has 3 nitrogen and oxygen atoms in total. The van der Waals surface area contributed by atoms with Gasteiger partial charge in [-0.25, -0.2) is 0 Å². The van der Waals surface area contributed by atoms with E-state index in [0.29, 0.717) is 0 Å². The predicted octanol–water partition coefficient (Wildman–Crippen LogP) is 3.71. The van der Waals surface area contributed by atoms with Crippen LogP contribution in [-0.4, -0.2) is 39.2 Å². The molecule has 3 heteroatoms. The fraction of sp³-hybridized carbons (Fsp3) is 0.450. The van der Waals surface area contributed by atoms with Crippen LogP contribution in [0.5, 0.6) is 0 Å². The Balaban J connectivity index is 2.59. The Morgan fingerprint density at radius 1 is 1.09 bits per heavy atom. The molecule has 0 atom stereocenters. The molecule has 1 N–H and O–H groups in total. The van der Waals surface area contributed by atoms with Gasteiger partial charge in [-0.15, -0.1) is 0 Å². The minimum absolute atomic E-state index is 0.875. The molecule has 0 bridgehead atoms. The number of aromatic nitrogens is 1. The third-order valence-electron chi connectivity index (χ3n) is 4.70. The molecule has 124 valence electrons. The van der Waals surface area contributed by atoms with Gasteiger partial charge in [0.15, 0.2) is 0 Å². The zero-order valence-electron chi connectivity index (χ0n) is 15.4. The second kappa shape index (κ2) is 7.24. The summed E-state index contributed by atoms with van der Waals surface area (Å²) in [5.41, 5.74) is 7.42.